The smallest absolute Gasteiger partial charge is 0.306 e. The van der Waals surface area contributed by atoms with Crippen LogP contribution >= 0.6 is 0 Å². The highest BCUT2D eigenvalue weighted by atomic mass is 16.5. The van der Waals surface area contributed by atoms with Crippen LogP contribution in [0.4, 0.5) is 0 Å². The van der Waals surface area contributed by atoms with Gasteiger partial charge in [-0.25, -0.2) is 0 Å². The van der Waals surface area contributed by atoms with Crippen LogP contribution < -0.4 is 0 Å². The van der Waals surface area contributed by atoms with Crippen LogP contribution in [0, 0.1) is 0 Å². The van der Waals surface area contributed by atoms with Crippen molar-refractivity contribution >= 4 is 11.9 Å². The number of carboxylic acid groups (broad SMARTS) is 1. The first-order valence-electron chi connectivity index (χ1n) is 24.2. The third-order valence-corrected chi connectivity index (χ3v) is 11.2. The molecule has 53 heavy (non-hydrogen) atoms. The Morgan fingerprint density at radius 3 is 1.09 bits per heavy atom. The molecule has 0 saturated heterocycles. The molecule has 0 aliphatic heterocycles. The lowest BCUT2D eigenvalue weighted by Crippen LogP contribution is -2.18. The molecular weight excluding hydrogens is 653 g/mol. The molecule has 0 fully saturated rings. The van der Waals surface area contributed by atoms with E-state index in [-0.39, 0.29) is 18.5 Å². The van der Waals surface area contributed by atoms with Gasteiger partial charge in [0.05, 0.1) is 0 Å². The summed E-state index contributed by atoms with van der Waals surface area (Å²) in [7, 11) is 0. The second-order valence-corrected chi connectivity index (χ2v) is 16.7. The first kappa shape index (κ1) is 51.7. The fraction of sp³-hybridized carbons (Fsp3) is 0.918. The SMILES string of the molecule is CCCCCCCC/C=C\CCCC(CCCCCCCC(=O)O)OC(=O)CCCCCCCCCCCCCCCCCCCCCCCCCC. The van der Waals surface area contributed by atoms with Crippen LogP contribution in [0.3, 0.4) is 0 Å². The molecule has 0 aromatic carbocycles. The molecule has 0 heterocycles. The van der Waals surface area contributed by atoms with Crippen molar-refractivity contribution in [1.29, 1.82) is 0 Å². The van der Waals surface area contributed by atoms with Crippen LogP contribution in [0.5, 0.6) is 0 Å². The third-order valence-electron chi connectivity index (χ3n) is 11.2. The fourth-order valence-corrected chi connectivity index (χ4v) is 7.66. The molecule has 4 heteroatoms. The molecule has 0 radical (unpaired) electrons. The molecule has 0 aliphatic rings. The molecule has 0 saturated carbocycles. The van der Waals surface area contributed by atoms with E-state index in [2.05, 4.69) is 26.0 Å². The molecule has 0 spiro atoms. The lowest BCUT2D eigenvalue weighted by molar-refractivity contribution is -0.150. The number of carboxylic acids is 1. The van der Waals surface area contributed by atoms with Crippen LogP contribution in [-0.2, 0) is 14.3 Å². The maximum absolute atomic E-state index is 12.7. The van der Waals surface area contributed by atoms with Crippen LogP contribution in [0.2, 0.25) is 0 Å². The monoisotopic (exact) mass is 747 g/mol. The van der Waals surface area contributed by atoms with Crippen LogP contribution in [0.15, 0.2) is 12.2 Å². The molecule has 0 aromatic heterocycles. The number of esters is 1. The lowest BCUT2D eigenvalue weighted by atomic mass is 10.0. The van der Waals surface area contributed by atoms with E-state index in [1.807, 2.05) is 0 Å². The summed E-state index contributed by atoms with van der Waals surface area (Å²) < 4.78 is 6.01. The highest BCUT2D eigenvalue weighted by Gasteiger charge is 2.14. The zero-order chi connectivity index (χ0) is 38.6. The minimum Gasteiger partial charge on any atom is -0.481 e. The summed E-state index contributed by atoms with van der Waals surface area (Å²) in [6.45, 7) is 4.57. The van der Waals surface area contributed by atoms with Gasteiger partial charge in [0, 0.05) is 12.8 Å². The van der Waals surface area contributed by atoms with Crippen molar-refractivity contribution in [1.82, 2.24) is 0 Å². The van der Waals surface area contributed by atoms with Gasteiger partial charge in [0.15, 0.2) is 0 Å². The van der Waals surface area contributed by atoms with E-state index in [1.165, 1.54) is 186 Å². The zero-order valence-corrected chi connectivity index (χ0v) is 36.1. The molecule has 0 rings (SSSR count). The van der Waals surface area contributed by atoms with Crippen LogP contribution in [0.25, 0.3) is 0 Å². The first-order chi connectivity index (χ1) is 26.1. The van der Waals surface area contributed by atoms with Gasteiger partial charge in [0.1, 0.15) is 6.10 Å². The van der Waals surface area contributed by atoms with Crippen molar-refractivity contribution in [3.05, 3.63) is 12.2 Å². The highest BCUT2D eigenvalue weighted by molar-refractivity contribution is 5.69. The normalized spacial score (nSPS) is 12.2. The number of hydrogen-bond acceptors (Lipinski definition) is 3. The summed E-state index contributed by atoms with van der Waals surface area (Å²) in [6.07, 6.45) is 57.0. The number of unbranched alkanes of at least 4 members (excludes halogenated alkanes) is 34. The van der Waals surface area contributed by atoms with Crippen molar-refractivity contribution in [2.45, 2.75) is 290 Å². The number of allylic oxidation sites excluding steroid dienone is 2. The summed E-state index contributed by atoms with van der Waals surface area (Å²) in [6, 6.07) is 0. The Balaban J connectivity index is 3.81. The Morgan fingerprint density at radius 1 is 0.396 bits per heavy atom. The molecule has 314 valence electrons. The summed E-state index contributed by atoms with van der Waals surface area (Å²) in [5.41, 5.74) is 0. The van der Waals surface area contributed by atoms with Gasteiger partial charge in [0.25, 0.3) is 0 Å². The van der Waals surface area contributed by atoms with Gasteiger partial charge in [-0.3, -0.25) is 9.59 Å². The molecule has 0 aliphatic carbocycles. The summed E-state index contributed by atoms with van der Waals surface area (Å²) in [4.78, 5) is 23.5. The van der Waals surface area contributed by atoms with Crippen molar-refractivity contribution in [2.75, 3.05) is 0 Å². The topological polar surface area (TPSA) is 63.6 Å². The molecule has 1 unspecified atom stereocenters. The van der Waals surface area contributed by atoms with Crippen LogP contribution in [-0.4, -0.2) is 23.1 Å². The van der Waals surface area contributed by atoms with Gasteiger partial charge in [-0.1, -0.05) is 225 Å². The van der Waals surface area contributed by atoms with Crippen molar-refractivity contribution in [3.8, 4) is 0 Å². The van der Waals surface area contributed by atoms with Gasteiger partial charge in [-0.05, 0) is 57.8 Å². The third kappa shape index (κ3) is 45.0. The standard InChI is InChI=1S/C49H94O4/c1-3-5-7-9-11-13-15-16-17-18-19-20-21-22-23-24-25-26-27-29-31-33-38-42-46-49(52)53-47(44-40-36-34-37-41-45-48(50)51)43-39-35-32-30-28-14-12-10-8-6-4-2/h30,32,47H,3-29,31,33-46H2,1-2H3,(H,50,51)/b32-30-. The number of rotatable bonds is 45. The maximum atomic E-state index is 12.7. The Labute approximate surface area is 332 Å². The summed E-state index contributed by atoms with van der Waals surface area (Å²) >= 11 is 0. The van der Waals surface area contributed by atoms with Gasteiger partial charge in [-0.2, -0.15) is 0 Å². The number of carbonyl (C=O) groups is 2. The average molecular weight is 747 g/mol. The maximum Gasteiger partial charge on any atom is 0.306 e. The second kappa shape index (κ2) is 45.1. The molecule has 0 amide bonds. The predicted molar refractivity (Wildman–Crippen MR) is 232 cm³/mol. The largest absolute Gasteiger partial charge is 0.481 e. The number of carbonyl (C=O) groups excluding carboxylic acids is 1. The van der Waals surface area contributed by atoms with E-state index in [1.54, 1.807) is 0 Å². The Hall–Kier alpha value is -1.32. The quantitative estimate of drug-likeness (QED) is 0.0383. The number of hydrogen-bond donors (Lipinski definition) is 1. The lowest BCUT2D eigenvalue weighted by Gasteiger charge is -2.18. The van der Waals surface area contributed by atoms with E-state index in [0.717, 1.165) is 70.6 Å². The van der Waals surface area contributed by atoms with E-state index >= 15 is 0 Å². The molecular formula is C49H94O4. The zero-order valence-electron chi connectivity index (χ0n) is 36.1. The van der Waals surface area contributed by atoms with E-state index in [0.29, 0.717) is 6.42 Å². The van der Waals surface area contributed by atoms with Gasteiger partial charge in [-0.15, -0.1) is 0 Å². The first-order valence-corrected chi connectivity index (χ1v) is 24.2. The highest BCUT2D eigenvalue weighted by Crippen LogP contribution is 2.19. The molecule has 0 bridgehead atoms. The number of aliphatic carboxylic acids is 1. The molecule has 0 aromatic rings. The van der Waals surface area contributed by atoms with Gasteiger partial charge in [0.2, 0.25) is 0 Å². The fourth-order valence-electron chi connectivity index (χ4n) is 7.66. The number of ether oxygens (including phenoxy) is 1. The molecule has 1 N–H and O–H groups in total. The van der Waals surface area contributed by atoms with Gasteiger partial charge >= 0.3 is 11.9 Å². The Kier molecular flexibility index (Phi) is 43.9. The van der Waals surface area contributed by atoms with E-state index in [9.17, 15) is 9.59 Å². The van der Waals surface area contributed by atoms with Crippen LogP contribution in [0.1, 0.15) is 284 Å². The second-order valence-electron chi connectivity index (χ2n) is 16.7. The van der Waals surface area contributed by atoms with Crippen molar-refractivity contribution < 1.29 is 19.4 Å². The molecule has 4 nitrogen and oxygen atoms in total. The predicted octanol–water partition coefficient (Wildman–Crippen LogP) is 17.0. The summed E-state index contributed by atoms with van der Waals surface area (Å²) in [5.74, 6) is -0.706. The van der Waals surface area contributed by atoms with E-state index < -0.39 is 5.97 Å². The minimum absolute atomic E-state index is 0.00567. The Morgan fingerprint density at radius 2 is 0.698 bits per heavy atom. The minimum atomic E-state index is -0.700. The van der Waals surface area contributed by atoms with Gasteiger partial charge < -0.3 is 9.84 Å². The Bertz CT molecular complexity index is 762. The average Bonchev–Trinajstić information content (AvgIpc) is 3.14. The van der Waals surface area contributed by atoms with Crippen molar-refractivity contribution in [2.24, 2.45) is 0 Å². The molecule has 1 atom stereocenters. The van der Waals surface area contributed by atoms with Crippen molar-refractivity contribution in [3.63, 3.8) is 0 Å². The van der Waals surface area contributed by atoms with E-state index in [4.69, 9.17) is 9.84 Å². The summed E-state index contributed by atoms with van der Waals surface area (Å²) in [5, 5.41) is 8.84.